The fourth-order valence-corrected chi connectivity index (χ4v) is 2.74. The van der Waals surface area contributed by atoms with Crippen LogP contribution in [0, 0.1) is 5.92 Å². The van der Waals surface area contributed by atoms with Gasteiger partial charge in [0.05, 0.1) is 0 Å². The van der Waals surface area contributed by atoms with Gasteiger partial charge in [-0.15, -0.1) is 0 Å². The SMILES string of the molecule is CCC(NC(=O)C1(O)CC1)C1CCCCC1. The van der Waals surface area contributed by atoms with Crippen molar-refractivity contribution in [2.45, 2.75) is 69.9 Å². The number of carbonyl (C=O) groups is 1. The lowest BCUT2D eigenvalue weighted by atomic mass is 9.83. The molecule has 2 N–H and O–H groups in total. The van der Waals surface area contributed by atoms with Crippen molar-refractivity contribution in [3.05, 3.63) is 0 Å². The molecule has 0 bridgehead atoms. The number of rotatable bonds is 4. The molecule has 0 radical (unpaired) electrons. The second kappa shape index (κ2) is 4.74. The van der Waals surface area contributed by atoms with Crippen LogP contribution in [0.5, 0.6) is 0 Å². The topological polar surface area (TPSA) is 49.3 Å². The maximum Gasteiger partial charge on any atom is 0.252 e. The molecule has 0 aromatic carbocycles. The van der Waals surface area contributed by atoms with Crippen LogP contribution >= 0.6 is 0 Å². The summed E-state index contributed by atoms with van der Waals surface area (Å²) < 4.78 is 0. The maximum atomic E-state index is 11.8. The minimum absolute atomic E-state index is 0.134. The standard InChI is InChI=1S/C13H23NO2/c1-2-11(10-6-4-3-5-7-10)14-12(15)13(16)8-9-13/h10-11,16H,2-9H2,1H3,(H,14,15). The van der Waals surface area contributed by atoms with Crippen LogP contribution in [0.2, 0.25) is 0 Å². The van der Waals surface area contributed by atoms with Crippen molar-refractivity contribution in [3.63, 3.8) is 0 Å². The van der Waals surface area contributed by atoms with Crippen LogP contribution in [0.4, 0.5) is 0 Å². The van der Waals surface area contributed by atoms with Crippen LogP contribution in [0.1, 0.15) is 58.3 Å². The van der Waals surface area contributed by atoms with Crippen molar-refractivity contribution in [1.29, 1.82) is 0 Å². The third-order valence-corrected chi connectivity index (χ3v) is 4.12. The highest BCUT2D eigenvalue weighted by Gasteiger charge is 2.48. The number of hydrogen-bond acceptors (Lipinski definition) is 2. The Balaban J connectivity index is 1.86. The lowest BCUT2D eigenvalue weighted by Gasteiger charge is -2.30. The van der Waals surface area contributed by atoms with Crippen LogP contribution in [0.25, 0.3) is 0 Å². The normalized spacial score (nSPS) is 26.1. The van der Waals surface area contributed by atoms with Gasteiger partial charge in [0, 0.05) is 6.04 Å². The molecule has 0 aromatic rings. The first-order valence-electron chi connectivity index (χ1n) is 6.69. The van der Waals surface area contributed by atoms with Gasteiger partial charge in [0.2, 0.25) is 0 Å². The van der Waals surface area contributed by atoms with Gasteiger partial charge in [-0.25, -0.2) is 0 Å². The summed E-state index contributed by atoms with van der Waals surface area (Å²) in [4.78, 5) is 11.8. The van der Waals surface area contributed by atoms with E-state index in [2.05, 4.69) is 12.2 Å². The zero-order chi connectivity index (χ0) is 11.6. The van der Waals surface area contributed by atoms with Crippen molar-refractivity contribution in [3.8, 4) is 0 Å². The summed E-state index contributed by atoms with van der Waals surface area (Å²) in [6, 6.07) is 0.275. The highest BCUT2D eigenvalue weighted by molar-refractivity contribution is 5.87. The van der Waals surface area contributed by atoms with Gasteiger partial charge in [0.25, 0.3) is 5.91 Å². The zero-order valence-electron chi connectivity index (χ0n) is 10.2. The highest BCUT2D eigenvalue weighted by atomic mass is 16.3. The summed E-state index contributed by atoms with van der Waals surface area (Å²) >= 11 is 0. The molecule has 1 amide bonds. The third kappa shape index (κ3) is 2.57. The average Bonchev–Trinajstić information content (AvgIpc) is 3.06. The number of amides is 1. The second-order valence-corrected chi connectivity index (χ2v) is 5.42. The van der Waals surface area contributed by atoms with Gasteiger partial charge in [0.15, 0.2) is 0 Å². The van der Waals surface area contributed by atoms with E-state index in [4.69, 9.17) is 0 Å². The first-order chi connectivity index (χ1) is 7.65. The van der Waals surface area contributed by atoms with E-state index in [0.717, 1.165) is 6.42 Å². The molecular weight excluding hydrogens is 202 g/mol. The summed E-state index contributed by atoms with van der Waals surface area (Å²) in [7, 11) is 0. The Morgan fingerprint density at radius 2 is 2.00 bits per heavy atom. The molecule has 2 rings (SSSR count). The first-order valence-corrected chi connectivity index (χ1v) is 6.69. The number of hydrogen-bond donors (Lipinski definition) is 2. The molecule has 0 aliphatic heterocycles. The van der Waals surface area contributed by atoms with E-state index in [-0.39, 0.29) is 11.9 Å². The molecule has 0 spiro atoms. The molecule has 16 heavy (non-hydrogen) atoms. The summed E-state index contributed by atoms with van der Waals surface area (Å²) in [5.41, 5.74) is -1.01. The summed E-state index contributed by atoms with van der Waals surface area (Å²) in [6.07, 6.45) is 8.65. The molecule has 1 atom stereocenters. The first kappa shape index (κ1) is 11.9. The quantitative estimate of drug-likeness (QED) is 0.768. The predicted octanol–water partition coefficient (Wildman–Crippen LogP) is 1.99. The van der Waals surface area contributed by atoms with Gasteiger partial charge < -0.3 is 10.4 Å². The van der Waals surface area contributed by atoms with E-state index in [9.17, 15) is 9.90 Å². The number of nitrogens with one attached hydrogen (secondary N) is 1. The van der Waals surface area contributed by atoms with Gasteiger partial charge in [-0.1, -0.05) is 26.2 Å². The van der Waals surface area contributed by atoms with Gasteiger partial charge in [0.1, 0.15) is 5.60 Å². The van der Waals surface area contributed by atoms with Crippen molar-refractivity contribution in [2.24, 2.45) is 5.92 Å². The van der Waals surface area contributed by atoms with E-state index < -0.39 is 5.60 Å². The molecule has 0 heterocycles. The van der Waals surface area contributed by atoms with E-state index in [0.29, 0.717) is 18.8 Å². The van der Waals surface area contributed by atoms with E-state index in [1.54, 1.807) is 0 Å². The summed E-state index contributed by atoms with van der Waals surface area (Å²) in [6.45, 7) is 2.12. The molecule has 2 saturated carbocycles. The second-order valence-electron chi connectivity index (χ2n) is 5.42. The maximum absolute atomic E-state index is 11.8. The largest absolute Gasteiger partial charge is 0.380 e. The Morgan fingerprint density at radius 3 is 2.50 bits per heavy atom. The molecule has 3 heteroatoms. The van der Waals surface area contributed by atoms with Crippen molar-refractivity contribution < 1.29 is 9.90 Å². The fraction of sp³-hybridized carbons (Fsp3) is 0.923. The zero-order valence-corrected chi connectivity index (χ0v) is 10.2. The Kier molecular flexibility index (Phi) is 3.53. The van der Waals surface area contributed by atoms with E-state index in [1.165, 1.54) is 32.1 Å². The predicted molar refractivity (Wildman–Crippen MR) is 63.0 cm³/mol. The Labute approximate surface area is 97.6 Å². The molecule has 0 saturated heterocycles. The van der Waals surface area contributed by atoms with Crippen LogP contribution in [0.3, 0.4) is 0 Å². The van der Waals surface area contributed by atoms with Gasteiger partial charge in [-0.2, -0.15) is 0 Å². The average molecular weight is 225 g/mol. The highest BCUT2D eigenvalue weighted by Crippen LogP contribution is 2.36. The third-order valence-electron chi connectivity index (χ3n) is 4.12. The monoisotopic (exact) mass is 225 g/mol. The van der Waals surface area contributed by atoms with Crippen LogP contribution in [-0.2, 0) is 4.79 Å². The lowest BCUT2D eigenvalue weighted by Crippen LogP contribution is -2.46. The van der Waals surface area contributed by atoms with E-state index >= 15 is 0 Å². The van der Waals surface area contributed by atoms with Gasteiger partial charge in [-0.05, 0) is 38.0 Å². The van der Waals surface area contributed by atoms with Crippen molar-refractivity contribution in [1.82, 2.24) is 5.32 Å². The Morgan fingerprint density at radius 1 is 1.38 bits per heavy atom. The number of carbonyl (C=O) groups excluding carboxylic acids is 1. The molecule has 3 nitrogen and oxygen atoms in total. The number of aliphatic hydroxyl groups is 1. The van der Waals surface area contributed by atoms with Crippen LogP contribution in [0.15, 0.2) is 0 Å². The van der Waals surface area contributed by atoms with Gasteiger partial charge in [-0.3, -0.25) is 4.79 Å². The van der Waals surface area contributed by atoms with Crippen LogP contribution < -0.4 is 5.32 Å². The Bertz CT molecular complexity index is 255. The van der Waals surface area contributed by atoms with Crippen molar-refractivity contribution in [2.75, 3.05) is 0 Å². The smallest absolute Gasteiger partial charge is 0.252 e. The van der Waals surface area contributed by atoms with Gasteiger partial charge >= 0.3 is 0 Å². The molecule has 2 aliphatic carbocycles. The fourth-order valence-electron chi connectivity index (χ4n) is 2.74. The molecular formula is C13H23NO2. The summed E-state index contributed by atoms with van der Waals surface area (Å²) in [5, 5.41) is 12.8. The minimum atomic E-state index is -1.01. The van der Waals surface area contributed by atoms with Crippen molar-refractivity contribution >= 4 is 5.91 Å². The lowest BCUT2D eigenvalue weighted by molar-refractivity contribution is -0.132. The molecule has 0 aromatic heterocycles. The summed E-state index contributed by atoms with van der Waals surface area (Å²) in [5.74, 6) is 0.495. The minimum Gasteiger partial charge on any atom is -0.380 e. The molecule has 92 valence electrons. The molecule has 2 aliphatic rings. The van der Waals surface area contributed by atoms with Crippen LogP contribution in [-0.4, -0.2) is 22.7 Å². The molecule has 2 fully saturated rings. The molecule has 1 unspecified atom stereocenters. The van der Waals surface area contributed by atoms with E-state index in [1.807, 2.05) is 0 Å². The Hall–Kier alpha value is -0.570.